The van der Waals surface area contributed by atoms with Gasteiger partial charge in [0, 0.05) is 10.6 Å². The number of hydrogen-bond acceptors (Lipinski definition) is 7. The Kier molecular flexibility index (Phi) is 5.88. The molecule has 0 saturated heterocycles. The first-order chi connectivity index (χ1) is 12.9. The molecule has 140 valence electrons. The van der Waals surface area contributed by atoms with Crippen molar-refractivity contribution in [3.63, 3.8) is 0 Å². The largest absolute Gasteiger partial charge is 0.456 e. The Labute approximate surface area is 160 Å². The van der Waals surface area contributed by atoms with Crippen LogP contribution in [-0.2, 0) is 26.0 Å². The summed E-state index contributed by atoms with van der Waals surface area (Å²) in [5.41, 5.74) is 0.665. The molecule has 0 unspecified atom stereocenters. The molecule has 0 spiro atoms. The highest BCUT2D eigenvalue weighted by Gasteiger charge is 2.17. The minimum Gasteiger partial charge on any atom is -0.456 e. The van der Waals surface area contributed by atoms with Crippen molar-refractivity contribution in [3.8, 4) is 11.4 Å². The van der Waals surface area contributed by atoms with Crippen LogP contribution in [0.1, 0.15) is 12.3 Å². The Balaban J connectivity index is 1.53. The quantitative estimate of drug-likeness (QED) is 0.555. The molecule has 0 fully saturated rings. The van der Waals surface area contributed by atoms with Crippen LogP contribution in [0, 0.1) is 0 Å². The summed E-state index contributed by atoms with van der Waals surface area (Å²) in [7, 11) is -3.54. The molecule has 27 heavy (non-hydrogen) atoms. The number of carbonyl (C=O) groups excluding carboxylic acids is 1. The predicted octanol–water partition coefficient (Wildman–Crippen LogP) is 3.30. The van der Waals surface area contributed by atoms with E-state index in [1.165, 1.54) is 12.1 Å². The van der Waals surface area contributed by atoms with E-state index in [2.05, 4.69) is 10.1 Å². The van der Waals surface area contributed by atoms with Crippen LogP contribution < -0.4 is 0 Å². The van der Waals surface area contributed by atoms with Gasteiger partial charge in [0.1, 0.15) is 0 Å². The molecule has 0 radical (unpaired) electrons. The zero-order valence-electron chi connectivity index (χ0n) is 14.0. The lowest BCUT2D eigenvalue weighted by molar-refractivity contribution is -0.145. The van der Waals surface area contributed by atoms with Crippen molar-refractivity contribution < 1.29 is 22.5 Å². The van der Waals surface area contributed by atoms with E-state index >= 15 is 0 Å². The number of benzene rings is 2. The van der Waals surface area contributed by atoms with E-state index in [0.717, 1.165) is 0 Å². The number of carbonyl (C=O) groups is 1. The van der Waals surface area contributed by atoms with Crippen molar-refractivity contribution in [2.45, 2.75) is 17.9 Å². The molecular formula is C18H15ClN2O5S. The van der Waals surface area contributed by atoms with Crippen LogP contribution in [-0.4, -0.2) is 30.3 Å². The second-order valence-corrected chi connectivity index (χ2v) is 8.11. The summed E-state index contributed by atoms with van der Waals surface area (Å²) in [6.07, 6.45) is -0.271. The summed E-state index contributed by atoms with van der Waals surface area (Å²) < 4.78 is 34.3. The molecule has 0 amide bonds. The minimum absolute atomic E-state index is 0.101. The van der Waals surface area contributed by atoms with E-state index in [4.69, 9.17) is 20.9 Å². The predicted molar refractivity (Wildman–Crippen MR) is 97.7 cm³/mol. The smallest absolute Gasteiger partial charge is 0.307 e. The van der Waals surface area contributed by atoms with Gasteiger partial charge in [-0.3, -0.25) is 4.79 Å². The molecule has 3 aromatic rings. The van der Waals surface area contributed by atoms with Crippen LogP contribution in [0.5, 0.6) is 0 Å². The van der Waals surface area contributed by atoms with E-state index in [1.54, 1.807) is 42.5 Å². The maximum absolute atomic E-state index is 12.1. The van der Waals surface area contributed by atoms with Gasteiger partial charge >= 0.3 is 5.97 Å². The highest BCUT2D eigenvalue weighted by atomic mass is 35.5. The molecule has 7 nitrogen and oxygen atoms in total. The number of sulfone groups is 1. The Morgan fingerprint density at radius 3 is 2.63 bits per heavy atom. The monoisotopic (exact) mass is 406 g/mol. The average Bonchev–Trinajstić information content (AvgIpc) is 3.15. The standard InChI is InChI=1S/C18H15ClN2O5S/c19-14-6-4-5-13(11-14)18-20-16(26-21-18)12-25-17(22)9-10-27(23,24)15-7-2-1-3-8-15/h1-8,11H,9-10,12H2. The second kappa shape index (κ2) is 8.32. The molecule has 2 aromatic carbocycles. The van der Waals surface area contributed by atoms with Gasteiger partial charge in [0.2, 0.25) is 5.82 Å². The molecule has 0 saturated carbocycles. The van der Waals surface area contributed by atoms with Crippen molar-refractivity contribution in [1.29, 1.82) is 0 Å². The number of nitrogens with zero attached hydrogens (tertiary/aromatic N) is 2. The van der Waals surface area contributed by atoms with Crippen LogP contribution in [0.3, 0.4) is 0 Å². The van der Waals surface area contributed by atoms with Crippen LogP contribution in [0.25, 0.3) is 11.4 Å². The maximum atomic E-state index is 12.1. The van der Waals surface area contributed by atoms with E-state index in [0.29, 0.717) is 16.4 Å². The fraction of sp³-hybridized carbons (Fsp3) is 0.167. The summed E-state index contributed by atoms with van der Waals surface area (Å²) in [5.74, 6) is -0.593. The fourth-order valence-corrected chi connectivity index (χ4v) is 3.67. The topological polar surface area (TPSA) is 99.4 Å². The number of esters is 1. The molecule has 0 aliphatic carbocycles. The Morgan fingerprint density at radius 2 is 1.89 bits per heavy atom. The van der Waals surface area contributed by atoms with E-state index in [1.807, 2.05) is 0 Å². The lowest BCUT2D eigenvalue weighted by atomic mass is 10.2. The first-order valence-corrected chi connectivity index (χ1v) is 9.99. The number of ether oxygens (including phenoxy) is 1. The summed E-state index contributed by atoms with van der Waals surface area (Å²) in [6.45, 7) is -0.238. The summed E-state index contributed by atoms with van der Waals surface area (Å²) in [5, 5.41) is 4.33. The number of rotatable bonds is 7. The highest BCUT2D eigenvalue weighted by molar-refractivity contribution is 7.91. The van der Waals surface area contributed by atoms with Gasteiger partial charge in [0.15, 0.2) is 16.4 Å². The summed E-state index contributed by atoms with van der Waals surface area (Å²) in [4.78, 5) is 16.1. The van der Waals surface area contributed by atoms with Crippen LogP contribution in [0.15, 0.2) is 64.0 Å². The molecule has 1 aromatic heterocycles. The lowest BCUT2D eigenvalue weighted by Gasteiger charge is -2.04. The summed E-state index contributed by atoms with van der Waals surface area (Å²) in [6, 6.07) is 14.8. The molecule has 0 aliphatic heterocycles. The lowest BCUT2D eigenvalue weighted by Crippen LogP contribution is -2.13. The second-order valence-electron chi connectivity index (χ2n) is 5.56. The molecule has 1 heterocycles. The maximum Gasteiger partial charge on any atom is 0.307 e. The molecule has 0 bridgehead atoms. The third-order valence-corrected chi connectivity index (χ3v) is 5.55. The fourth-order valence-electron chi connectivity index (χ4n) is 2.24. The molecular weight excluding hydrogens is 392 g/mol. The Bertz CT molecular complexity index is 1030. The number of halogens is 1. The van der Waals surface area contributed by atoms with Gasteiger partial charge in [0.05, 0.1) is 17.1 Å². The van der Waals surface area contributed by atoms with Crippen molar-refractivity contribution in [2.75, 3.05) is 5.75 Å². The van der Waals surface area contributed by atoms with Gasteiger partial charge in [-0.25, -0.2) is 8.42 Å². The molecule has 0 N–H and O–H groups in total. The minimum atomic E-state index is -3.54. The van der Waals surface area contributed by atoms with Gasteiger partial charge < -0.3 is 9.26 Å². The van der Waals surface area contributed by atoms with Gasteiger partial charge in [-0.1, -0.05) is 47.1 Å². The van der Waals surface area contributed by atoms with Gasteiger partial charge in [-0.15, -0.1) is 0 Å². The van der Waals surface area contributed by atoms with Crippen LogP contribution >= 0.6 is 11.6 Å². The first-order valence-electron chi connectivity index (χ1n) is 7.96. The summed E-state index contributed by atoms with van der Waals surface area (Å²) >= 11 is 5.92. The van der Waals surface area contributed by atoms with E-state index < -0.39 is 15.8 Å². The Hall–Kier alpha value is -2.71. The third kappa shape index (κ3) is 5.15. The third-order valence-electron chi connectivity index (χ3n) is 3.58. The molecule has 0 aliphatic rings. The van der Waals surface area contributed by atoms with Crippen molar-refractivity contribution >= 4 is 27.4 Å². The normalized spacial score (nSPS) is 11.3. The highest BCUT2D eigenvalue weighted by Crippen LogP contribution is 2.20. The first kappa shape index (κ1) is 19.1. The SMILES string of the molecule is O=C(CCS(=O)(=O)c1ccccc1)OCc1nc(-c2cccc(Cl)c2)no1. The molecule has 3 rings (SSSR count). The van der Waals surface area contributed by atoms with Crippen LogP contribution in [0.4, 0.5) is 0 Å². The number of aromatic nitrogens is 2. The van der Waals surface area contributed by atoms with Gasteiger partial charge in [0.25, 0.3) is 5.89 Å². The average molecular weight is 407 g/mol. The number of hydrogen-bond donors (Lipinski definition) is 0. The Morgan fingerprint density at radius 1 is 1.11 bits per heavy atom. The van der Waals surface area contributed by atoms with Crippen molar-refractivity contribution in [3.05, 3.63) is 65.5 Å². The van der Waals surface area contributed by atoms with Crippen LogP contribution in [0.2, 0.25) is 5.02 Å². The van der Waals surface area contributed by atoms with Gasteiger partial charge in [-0.05, 0) is 24.3 Å². The molecule has 9 heteroatoms. The zero-order chi connectivity index (χ0) is 19.3. The molecule has 0 atom stereocenters. The van der Waals surface area contributed by atoms with Crippen molar-refractivity contribution in [2.24, 2.45) is 0 Å². The van der Waals surface area contributed by atoms with E-state index in [-0.39, 0.29) is 29.6 Å². The van der Waals surface area contributed by atoms with E-state index in [9.17, 15) is 13.2 Å². The van der Waals surface area contributed by atoms with Gasteiger partial charge in [-0.2, -0.15) is 4.98 Å². The zero-order valence-corrected chi connectivity index (χ0v) is 15.6. The van der Waals surface area contributed by atoms with Crippen molar-refractivity contribution in [1.82, 2.24) is 10.1 Å².